The predicted molar refractivity (Wildman–Crippen MR) is 132 cm³/mol. The SMILES string of the molecule is CCOc1cc(/C=N\NC(=O)COc2ccccc2Cl)ccc1OC(=O)c1ccc(Cl)cc1Cl. The number of carbonyl (C=O) groups is 2. The molecule has 3 aromatic rings. The van der Waals surface area contributed by atoms with Gasteiger partial charge in [0.2, 0.25) is 0 Å². The van der Waals surface area contributed by atoms with Crippen LogP contribution in [0.25, 0.3) is 0 Å². The molecule has 3 rings (SSSR count). The van der Waals surface area contributed by atoms with E-state index in [9.17, 15) is 9.59 Å². The van der Waals surface area contributed by atoms with E-state index >= 15 is 0 Å². The second-order valence-corrected chi connectivity index (χ2v) is 7.92. The van der Waals surface area contributed by atoms with Gasteiger partial charge in [-0.3, -0.25) is 4.79 Å². The first kappa shape index (κ1) is 25.4. The third kappa shape index (κ3) is 7.12. The highest BCUT2D eigenvalue weighted by atomic mass is 35.5. The molecule has 0 saturated heterocycles. The largest absolute Gasteiger partial charge is 0.490 e. The standard InChI is InChI=1S/C24H19Cl3N2O5/c1-2-32-22-11-15(13-28-29-23(30)14-33-20-6-4-3-5-18(20)26)7-10-21(22)34-24(31)17-9-8-16(25)12-19(17)27/h3-13H,2,14H2,1H3,(H,29,30)/b28-13-. The Labute approximate surface area is 211 Å². The zero-order valence-electron chi connectivity index (χ0n) is 17.9. The topological polar surface area (TPSA) is 86.2 Å². The van der Waals surface area contributed by atoms with Crippen molar-refractivity contribution in [1.29, 1.82) is 0 Å². The second-order valence-electron chi connectivity index (χ2n) is 6.67. The van der Waals surface area contributed by atoms with Crippen LogP contribution >= 0.6 is 34.8 Å². The Morgan fingerprint density at radius 2 is 1.71 bits per heavy atom. The monoisotopic (exact) mass is 520 g/mol. The minimum Gasteiger partial charge on any atom is -0.490 e. The minimum atomic E-state index is -0.658. The molecular weight excluding hydrogens is 503 g/mol. The number of hydrogen-bond donors (Lipinski definition) is 1. The Kier molecular flexibility index (Phi) is 9.16. The van der Waals surface area contributed by atoms with Crippen LogP contribution in [0.5, 0.6) is 17.2 Å². The zero-order chi connectivity index (χ0) is 24.5. The molecule has 0 atom stereocenters. The number of esters is 1. The number of hydrazone groups is 1. The van der Waals surface area contributed by atoms with Crippen molar-refractivity contribution in [3.05, 3.63) is 86.9 Å². The molecule has 3 aromatic carbocycles. The molecule has 0 fully saturated rings. The van der Waals surface area contributed by atoms with E-state index in [2.05, 4.69) is 10.5 Å². The van der Waals surface area contributed by atoms with E-state index in [1.165, 1.54) is 18.3 Å². The normalized spacial score (nSPS) is 10.7. The van der Waals surface area contributed by atoms with Gasteiger partial charge in [0.1, 0.15) is 5.75 Å². The first-order chi connectivity index (χ1) is 16.4. The molecule has 0 aliphatic carbocycles. The lowest BCUT2D eigenvalue weighted by Crippen LogP contribution is -2.24. The number of nitrogens with zero attached hydrogens (tertiary/aromatic N) is 1. The van der Waals surface area contributed by atoms with Gasteiger partial charge in [0, 0.05) is 5.02 Å². The van der Waals surface area contributed by atoms with Crippen molar-refractivity contribution in [2.75, 3.05) is 13.2 Å². The van der Waals surface area contributed by atoms with Crippen molar-refractivity contribution in [2.45, 2.75) is 6.92 Å². The number of rotatable bonds is 9. The van der Waals surface area contributed by atoms with Gasteiger partial charge in [-0.15, -0.1) is 0 Å². The van der Waals surface area contributed by atoms with Crippen LogP contribution in [-0.2, 0) is 4.79 Å². The van der Waals surface area contributed by atoms with Gasteiger partial charge in [0.25, 0.3) is 5.91 Å². The van der Waals surface area contributed by atoms with Crippen molar-refractivity contribution in [3.63, 3.8) is 0 Å². The number of benzene rings is 3. The molecule has 34 heavy (non-hydrogen) atoms. The maximum atomic E-state index is 12.5. The third-order valence-corrected chi connectivity index (χ3v) is 5.08. The van der Waals surface area contributed by atoms with E-state index in [1.54, 1.807) is 55.5 Å². The van der Waals surface area contributed by atoms with Crippen molar-refractivity contribution < 1.29 is 23.8 Å². The maximum Gasteiger partial charge on any atom is 0.345 e. The summed E-state index contributed by atoms with van der Waals surface area (Å²) in [5.41, 5.74) is 3.13. The average Bonchev–Trinajstić information content (AvgIpc) is 2.80. The van der Waals surface area contributed by atoms with E-state index in [0.717, 1.165) is 0 Å². The smallest absolute Gasteiger partial charge is 0.345 e. The fraction of sp³-hybridized carbons (Fsp3) is 0.125. The molecule has 0 heterocycles. The van der Waals surface area contributed by atoms with Crippen LogP contribution in [-0.4, -0.2) is 31.3 Å². The summed E-state index contributed by atoms with van der Waals surface area (Å²) in [7, 11) is 0. The van der Waals surface area contributed by atoms with Gasteiger partial charge < -0.3 is 14.2 Å². The minimum absolute atomic E-state index is 0.167. The van der Waals surface area contributed by atoms with E-state index in [0.29, 0.717) is 33.7 Å². The van der Waals surface area contributed by atoms with Gasteiger partial charge in [-0.1, -0.05) is 46.9 Å². The van der Waals surface area contributed by atoms with Gasteiger partial charge in [-0.05, 0) is 61.0 Å². The third-order valence-electron chi connectivity index (χ3n) is 4.22. The Morgan fingerprint density at radius 3 is 2.44 bits per heavy atom. The lowest BCUT2D eigenvalue weighted by molar-refractivity contribution is -0.123. The second kappa shape index (κ2) is 12.3. The summed E-state index contributed by atoms with van der Waals surface area (Å²) in [6.45, 7) is 1.87. The molecule has 7 nitrogen and oxygen atoms in total. The van der Waals surface area contributed by atoms with E-state index in [-0.39, 0.29) is 22.9 Å². The van der Waals surface area contributed by atoms with Crippen molar-refractivity contribution in [3.8, 4) is 17.2 Å². The Bertz CT molecular complexity index is 1220. The summed E-state index contributed by atoms with van der Waals surface area (Å²) in [4.78, 5) is 24.5. The molecule has 176 valence electrons. The van der Waals surface area contributed by atoms with Crippen LogP contribution in [0.15, 0.2) is 65.8 Å². The number of ether oxygens (including phenoxy) is 3. The van der Waals surface area contributed by atoms with Crippen molar-refractivity contribution in [2.24, 2.45) is 5.10 Å². The van der Waals surface area contributed by atoms with Crippen LogP contribution in [0.2, 0.25) is 15.1 Å². The number of amides is 1. The van der Waals surface area contributed by atoms with Gasteiger partial charge in [0.15, 0.2) is 18.1 Å². The van der Waals surface area contributed by atoms with E-state index in [4.69, 9.17) is 49.0 Å². The summed E-state index contributed by atoms with van der Waals surface area (Å²) in [5.74, 6) is -0.207. The molecule has 0 unspecified atom stereocenters. The van der Waals surface area contributed by atoms with Gasteiger partial charge in [-0.25, -0.2) is 10.2 Å². The first-order valence-corrected chi connectivity index (χ1v) is 11.1. The molecule has 0 saturated carbocycles. The number of nitrogens with one attached hydrogen (secondary N) is 1. The number of para-hydroxylation sites is 1. The number of hydrogen-bond acceptors (Lipinski definition) is 6. The molecule has 0 aliphatic rings. The summed E-state index contributed by atoms with van der Waals surface area (Å²) < 4.78 is 16.4. The Balaban J connectivity index is 1.62. The number of carbonyl (C=O) groups excluding carboxylic acids is 2. The molecule has 1 N–H and O–H groups in total. The lowest BCUT2D eigenvalue weighted by atomic mass is 10.2. The van der Waals surface area contributed by atoms with Crippen molar-refractivity contribution in [1.82, 2.24) is 5.43 Å². The molecule has 0 aromatic heterocycles. The summed E-state index contributed by atoms with van der Waals surface area (Å²) in [5, 5.41) is 4.89. The van der Waals surface area contributed by atoms with Gasteiger partial charge in [0.05, 0.1) is 28.4 Å². The maximum absolute atomic E-state index is 12.5. The van der Waals surface area contributed by atoms with Gasteiger partial charge >= 0.3 is 5.97 Å². The van der Waals surface area contributed by atoms with Crippen molar-refractivity contribution >= 4 is 52.9 Å². The van der Waals surface area contributed by atoms with E-state index < -0.39 is 11.9 Å². The average molecular weight is 522 g/mol. The molecule has 1 amide bonds. The quantitative estimate of drug-likeness (QED) is 0.167. The highest BCUT2D eigenvalue weighted by Crippen LogP contribution is 2.30. The molecule has 0 aliphatic heterocycles. The molecule has 0 radical (unpaired) electrons. The molecule has 0 bridgehead atoms. The fourth-order valence-electron chi connectivity index (χ4n) is 2.68. The molecule has 10 heteroatoms. The summed E-state index contributed by atoms with van der Waals surface area (Å²) >= 11 is 17.9. The molecular formula is C24H19Cl3N2O5. The molecule has 0 spiro atoms. The van der Waals surface area contributed by atoms with Crippen LogP contribution in [0.4, 0.5) is 0 Å². The van der Waals surface area contributed by atoms with Crippen LogP contribution < -0.4 is 19.6 Å². The lowest BCUT2D eigenvalue weighted by Gasteiger charge is -2.12. The highest BCUT2D eigenvalue weighted by Gasteiger charge is 2.16. The van der Waals surface area contributed by atoms with Crippen LogP contribution in [0.3, 0.4) is 0 Å². The van der Waals surface area contributed by atoms with Gasteiger partial charge in [-0.2, -0.15) is 5.10 Å². The Morgan fingerprint density at radius 1 is 0.912 bits per heavy atom. The fourth-order valence-corrected chi connectivity index (χ4v) is 3.36. The predicted octanol–water partition coefficient (Wildman–Crippen LogP) is 5.79. The van der Waals surface area contributed by atoms with E-state index in [1.807, 2.05) is 0 Å². The Hall–Kier alpha value is -3.26. The highest BCUT2D eigenvalue weighted by molar-refractivity contribution is 6.36. The summed E-state index contributed by atoms with van der Waals surface area (Å²) in [6.07, 6.45) is 1.41. The first-order valence-electron chi connectivity index (χ1n) is 10.0. The summed E-state index contributed by atoms with van der Waals surface area (Å²) in [6, 6.07) is 16.1. The van der Waals surface area contributed by atoms with Crippen LogP contribution in [0, 0.1) is 0 Å². The van der Waals surface area contributed by atoms with Crippen LogP contribution in [0.1, 0.15) is 22.8 Å². The number of halogens is 3. The zero-order valence-corrected chi connectivity index (χ0v) is 20.2.